The lowest BCUT2D eigenvalue weighted by molar-refractivity contribution is -0.113. The third-order valence-electron chi connectivity index (χ3n) is 1.37. The van der Waals surface area contributed by atoms with Crippen LogP contribution >= 0.6 is 0 Å². The van der Waals surface area contributed by atoms with Crippen LogP contribution in [0.3, 0.4) is 0 Å². The molecule has 0 bridgehead atoms. The highest BCUT2D eigenvalue weighted by Gasteiger charge is 1.88. The van der Waals surface area contributed by atoms with E-state index in [1.54, 1.807) is 12.2 Å². The molecule has 0 aliphatic heterocycles. The summed E-state index contributed by atoms with van der Waals surface area (Å²) < 4.78 is 0. The highest BCUT2D eigenvalue weighted by atomic mass is 16.1. The molecular formula is C10H16O. The first-order valence-corrected chi connectivity index (χ1v) is 4.11. The van der Waals surface area contributed by atoms with Crippen LogP contribution < -0.4 is 0 Å². The lowest BCUT2D eigenvalue weighted by Gasteiger charge is -1.88. The van der Waals surface area contributed by atoms with Crippen molar-refractivity contribution in [2.75, 3.05) is 0 Å². The van der Waals surface area contributed by atoms with Gasteiger partial charge in [-0.05, 0) is 12.5 Å². The van der Waals surface area contributed by atoms with Crippen LogP contribution in [0.25, 0.3) is 0 Å². The van der Waals surface area contributed by atoms with Gasteiger partial charge < -0.3 is 0 Å². The molecule has 0 heterocycles. The Hall–Kier alpha value is -0.850. The van der Waals surface area contributed by atoms with Crippen molar-refractivity contribution in [1.82, 2.24) is 0 Å². The summed E-state index contributed by atoms with van der Waals surface area (Å²) in [6.45, 7) is 5.63. The molecule has 0 aromatic heterocycles. The summed E-state index contributed by atoms with van der Waals surface area (Å²) in [5.41, 5.74) is 0. The zero-order valence-corrected chi connectivity index (χ0v) is 7.18. The largest absolute Gasteiger partial charge is 0.295 e. The average molecular weight is 152 g/mol. The van der Waals surface area contributed by atoms with Gasteiger partial charge in [0.25, 0.3) is 0 Å². The summed E-state index contributed by atoms with van der Waals surface area (Å²) in [4.78, 5) is 10.8. The fraction of sp³-hybridized carbons (Fsp3) is 0.500. The molecule has 0 spiro atoms. The van der Waals surface area contributed by atoms with E-state index in [-0.39, 0.29) is 5.78 Å². The first-order chi connectivity index (χ1) is 5.31. The minimum atomic E-state index is 0.149. The smallest absolute Gasteiger partial charge is 0.159 e. The van der Waals surface area contributed by atoms with Crippen molar-refractivity contribution in [3.8, 4) is 0 Å². The molecule has 0 atom stereocenters. The minimum Gasteiger partial charge on any atom is -0.295 e. The number of carbonyl (C=O) groups excluding carboxylic acids is 1. The zero-order valence-electron chi connectivity index (χ0n) is 7.18. The Morgan fingerprint density at radius 1 is 1.55 bits per heavy atom. The number of hydrogen-bond acceptors (Lipinski definition) is 1. The van der Waals surface area contributed by atoms with Crippen molar-refractivity contribution in [1.29, 1.82) is 0 Å². The monoisotopic (exact) mass is 152 g/mol. The topological polar surface area (TPSA) is 17.1 Å². The maximum Gasteiger partial charge on any atom is 0.159 e. The molecule has 0 saturated carbocycles. The molecule has 0 aromatic carbocycles. The fourth-order valence-electron chi connectivity index (χ4n) is 0.747. The zero-order chi connectivity index (χ0) is 8.53. The van der Waals surface area contributed by atoms with E-state index in [1.807, 2.05) is 6.08 Å². The number of ketones is 1. The standard InChI is InChI=1S/C10H16O/c1-3-5-6-7-9-10(11)8-4-2/h4,7,9H,2-3,5-6,8H2,1H3. The van der Waals surface area contributed by atoms with Crippen LogP contribution in [0.1, 0.15) is 32.6 Å². The molecule has 1 nitrogen and oxygen atoms in total. The predicted molar refractivity (Wildman–Crippen MR) is 48.5 cm³/mol. The van der Waals surface area contributed by atoms with Crippen LogP contribution in [-0.2, 0) is 4.79 Å². The van der Waals surface area contributed by atoms with Crippen LogP contribution in [0.2, 0.25) is 0 Å². The van der Waals surface area contributed by atoms with Crippen molar-refractivity contribution in [2.24, 2.45) is 0 Å². The normalized spacial score (nSPS) is 10.3. The molecule has 0 unspecified atom stereocenters. The van der Waals surface area contributed by atoms with Gasteiger partial charge in [-0.15, -0.1) is 6.58 Å². The lowest BCUT2D eigenvalue weighted by atomic mass is 10.2. The number of allylic oxidation sites excluding steroid dienone is 3. The van der Waals surface area contributed by atoms with E-state index < -0.39 is 0 Å². The number of rotatable bonds is 6. The molecule has 0 aromatic rings. The summed E-state index contributed by atoms with van der Waals surface area (Å²) >= 11 is 0. The summed E-state index contributed by atoms with van der Waals surface area (Å²) in [5, 5.41) is 0. The number of unbranched alkanes of at least 4 members (excludes halogenated alkanes) is 2. The minimum absolute atomic E-state index is 0.149. The molecule has 62 valence electrons. The van der Waals surface area contributed by atoms with Gasteiger partial charge >= 0.3 is 0 Å². The molecular weight excluding hydrogens is 136 g/mol. The van der Waals surface area contributed by atoms with Crippen molar-refractivity contribution < 1.29 is 4.79 Å². The van der Waals surface area contributed by atoms with Crippen molar-refractivity contribution in [3.05, 3.63) is 24.8 Å². The summed E-state index contributed by atoms with van der Waals surface area (Å²) in [6, 6.07) is 0. The molecule has 0 saturated heterocycles. The van der Waals surface area contributed by atoms with Crippen LogP contribution in [0.5, 0.6) is 0 Å². The van der Waals surface area contributed by atoms with E-state index in [0.717, 1.165) is 12.8 Å². The fourth-order valence-corrected chi connectivity index (χ4v) is 0.747. The Kier molecular flexibility index (Phi) is 6.70. The summed E-state index contributed by atoms with van der Waals surface area (Å²) in [7, 11) is 0. The molecule has 0 radical (unpaired) electrons. The first kappa shape index (κ1) is 10.2. The van der Waals surface area contributed by atoms with Gasteiger partial charge in [0.2, 0.25) is 0 Å². The number of hydrogen-bond donors (Lipinski definition) is 0. The molecule has 1 heteroatoms. The Morgan fingerprint density at radius 2 is 2.27 bits per heavy atom. The molecule has 0 rings (SSSR count). The molecule has 0 N–H and O–H groups in total. The molecule has 0 fully saturated rings. The van der Waals surface area contributed by atoms with E-state index in [2.05, 4.69) is 13.5 Å². The van der Waals surface area contributed by atoms with E-state index in [0.29, 0.717) is 6.42 Å². The Balaban J connectivity index is 3.40. The lowest BCUT2D eigenvalue weighted by Crippen LogP contribution is -1.87. The third-order valence-corrected chi connectivity index (χ3v) is 1.37. The maximum atomic E-state index is 10.8. The predicted octanol–water partition coefficient (Wildman–Crippen LogP) is 2.88. The van der Waals surface area contributed by atoms with Gasteiger partial charge in [0.1, 0.15) is 0 Å². The second-order valence-electron chi connectivity index (χ2n) is 2.50. The first-order valence-electron chi connectivity index (χ1n) is 4.11. The highest BCUT2D eigenvalue weighted by molar-refractivity contribution is 5.90. The summed E-state index contributed by atoms with van der Waals surface area (Å²) in [5.74, 6) is 0.149. The second-order valence-corrected chi connectivity index (χ2v) is 2.50. The second kappa shape index (κ2) is 7.26. The van der Waals surface area contributed by atoms with E-state index in [9.17, 15) is 4.79 Å². The van der Waals surface area contributed by atoms with Gasteiger partial charge in [-0.1, -0.05) is 31.9 Å². The maximum absolute atomic E-state index is 10.8. The van der Waals surface area contributed by atoms with Crippen LogP contribution in [0, 0.1) is 0 Å². The van der Waals surface area contributed by atoms with Gasteiger partial charge in [-0.2, -0.15) is 0 Å². The Bertz CT molecular complexity index is 145. The summed E-state index contributed by atoms with van der Waals surface area (Å²) in [6.07, 6.45) is 9.04. The number of carbonyl (C=O) groups is 1. The van der Waals surface area contributed by atoms with Crippen molar-refractivity contribution in [3.63, 3.8) is 0 Å². The average Bonchev–Trinajstić information content (AvgIpc) is 1.99. The Morgan fingerprint density at radius 3 is 2.82 bits per heavy atom. The highest BCUT2D eigenvalue weighted by Crippen LogP contribution is 1.95. The van der Waals surface area contributed by atoms with Crippen LogP contribution in [-0.4, -0.2) is 5.78 Å². The quantitative estimate of drug-likeness (QED) is 0.325. The molecule has 0 amide bonds. The molecule has 11 heavy (non-hydrogen) atoms. The van der Waals surface area contributed by atoms with Gasteiger partial charge in [-0.25, -0.2) is 0 Å². The van der Waals surface area contributed by atoms with Gasteiger partial charge in [0.05, 0.1) is 0 Å². The third kappa shape index (κ3) is 7.04. The molecule has 0 aliphatic rings. The van der Waals surface area contributed by atoms with Crippen LogP contribution in [0.4, 0.5) is 0 Å². The Labute approximate surface area is 68.8 Å². The van der Waals surface area contributed by atoms with E-state index in [1.165, 1.54) is 6.42 Å². The van der Waals surface area contributed by atoms with Crippen molar-refractivity contribution >= 4 is 5.78 Å². The van der Waals surface area contributed by atoms with Gasteiger partial charge in [-0.3, -0.25) is 4.79 Å². The van der Waals surface area contributed by atoms with Gasteiger partial charge in [0, 0.05) is 6.42 Å². The van der Waals surface area contributed by atoms with Crippen molar-refractivity contribution in [2.45, 2.75) is 32.6 Å². The van der Waals surface area contributed by atoms with Crippen LogP contribution in [0.15, 0.2) is 24.8 Å². The van der Waals surface area contributed by atoms with E-state index >= 15 is 0 Å². The SMILES string of the molecule is C=CCC(=O)C=CCCCC. The van der Waals surface area contributed by atoms with E-state index in [4.69, 9.17) is 0 Å². The molecule has 0 aliphatic carbocycles. The van der Waals surface area contributed by atoms with Gasteiger partial charge in [0.15, 0.2) is 5.78 Å².